The topological polar surface area (TPSA) is 18.5 Å². The molecule has 1 aliphatic heterocycles. The van der Waals surface area contributed by atoms with Gasteiger partial charge < -0.3 is 9.31 Å². The Bertz CT molecular complexity index is 672. The summed E-state index contributed by atoms with van der Waals surface area (Å²) < 4.78 is 12.8. The maximum absolute atomic E-state index is 6.50. The molecule has 3 aliphatic carbocycles. The Morgan fingerprint density at radius 3 is 2.56 bits per heavy atom. The summed E-state index contributed by atoms with van der Waals surface area (Å²) in [4.78, 5) is 0. The average Bonchev–Trinajstić information content (AvgIpc) is 2.91. The van der Waals surface area contributed by atoms with E-state index in [4.69, 9.17) is 9.31 Å². The van der Waals surface area contributed by atoms with Gasteiger partial charge in [0.25, 0.3) is 0 Å². The van der Waals surface area contributed by atoms with Crippen LogP contribution in [0.2, 0.25) is 19.4 Å². The first kappa shape index (κ1) is 17.6. The highest BCUT2D eigenvalue weighted by atomic mass is 28.3. The number of hydrogen-bond donors (Lipinski definition) is 0. The Balaban J connectivity index is 1.41. The van der Waals surface area contributed by atoms with Crippen LogP contribution in [0.15, 0.2) is 42.1 Å². The van der Waals surface area contributed by atoms with E-state index in [1.807, 2.05) is 0 Å². The standard InChI is InChI=1S/C21H31BO2Si/c1-20(2)16-14-18(20)21(3)19(15-16)23-22(24-21)12-9-13-25(4,5)17-10-7-6-8-11-17/h6-11,13,16,18-19H,12,14-15H2,1-5H3/b13-9-/t16-,18-,19?,21-/m0/s1. The van der Waals surface area contributed by atoms with Crippen LogP contribution < -0.4 is 5.19 Å². The van der Waals surface area contributed by atoms with Gasteiger partial charge in [-0.05, 0) is 43.3 Å². The molecule has 1 aromatic carbocycles. The lowest BCUT2D eigenvalue weighted by molar-refractivity contribution is -0.199. The Kier molecular flexibility index (Phi) is 4.10. The second kappa shape index (κ2) is 5.83. The zero-order valence-electron chi connectivity index (χ0n) is 16.3. The third-order valence-corrected chi connectivity index (χ3v) is 10.3. The molecule has 1 aromatic rings. The van der Waals surface area contributed by atoms with Crippen molar-refractivity contribution in [3.63, 3.8) is 0 Å². The fourth-order valence-electron chi connectivity index (χ4n) is 5.49. The Morgan fingerprint density at radius 1 is 1.16 bits per heavy atom. The van der Waals surface area contributed by atoms with Gasteiger partial charge in [-0.1, -0.05) is 74.2 Å². The molecule has 1 saturated heterocycles. The molecule has 134 valence electrons. The predicted molar refractivity (Wildman–Crippen MR) is 108 cm³/mol. The van der Waals surface area contributed by atoms with Crippen LogP contribution in [0.1, 0.15) is 33.6 Å². The van der Waals surface area contributed by atoms with Gasteiger partial charge in [0.1, 0.15) is 8.07 Å². The van der Waals surface area contributed by atoms with Crippen molar-refractivity contribution in [1.29, 1.82) is 0 Å². The van der Waals surface area contributed by atoms with E-state index in [9.17, 15) is 0 Å². The summed E-state index contributed by atoms with van der Waals surface area (Å²) in [5.74, 6) is 1.46. The first-order valence-corrected chi connectivity index (χ1v) is 12.9. The summed E-state index contributed by atoms with van der Waals surface area (Å²) in [6.45, 7) is 11.9. The molecule has 25 heavy (non-hydrogen) atoms. The van der Waals surface area contributed by atoms with E-state index < -0.39 is 8.07 Å². The third-order valence-electron chi connectivity index (χ3n) is 7.38. The second-order valence-corrected chi connectivity index (χ2v) is 14.0. The van der Waals surface area contributed by atoms with E-state index in [1.165, 1.54) is 18.0 Å². The van der Waals surface area contributed by atoms with Gasteiger partial charge in [0.15, 0.2) is 0 Å². The van der Waals surface area contributed by atoms with Crippen LogP contribution in [0, 0.1) is 17.3 Å². The summed E-state index contributed by atoms with van der Waals surface area (Å²) in [5, 5.41) is 1.47. The van der Waals surface area contributed by atoms with Gasteiger partial charge in [0.2, 0.25) is 0 Å². The van der Waals surface area contributed by atoms with Crippen molar-refractivity contribution < 1.29 is 9.31 Å². The Labute approximate surface area is 154 Å². The van der Waals surface area contributed by atoms with Crippen LogP contribution in [0.25, 0.3) is 0 Å². The maximum Gasteiger partial charge on any atom is 0.461 e. The highest BCUT2D eigenvalue weighted by Crippen LogP contribution is 2.65. The number of rotatable bonds is 4. The van der Waals surface area contributed by atoms with Crippen LogP contribution in [0.5, 0.6) is 0 Å². The summed E-state index contributed by atoms with van der Waals surface area (Å²) >= 11 is 0. The molecule has 0 amide bonds. The van der Waals surface area contributed by atoms with Crippen LogP contribution in [-0.2, 0) is 9.31 Å². The minimum absolute atomic E-state index is 0.0676. The first-order valence-electron chi connectivity index (χ1n) is 9.80. The van der Waals surface area contributed by atoms with E-state index in [2.05, 4.69) is 76.0 Å². The van der Waals surface area contributed by atoms with Gasteiger partial charge >= 0.3 is 7.12 Å². The average molecular weight is 354 g/mol. The van der Waals surface area contributed by atoms with E-state index in [0.717, 1.165) is 12.2 Å². The summed E-state index contributed by atoms with van der Waals surface area (Å²) in [7, 11) is -1.60. The molecule has 0 spiro atoms. The van der Waals surface area contributed by atoms with Gasteiger partial charge in [-0.2, -0.15) is 0 Å². The zero-order chi connectivity index (χ0) is 17.9. The highest BCUT2D eigenvalue weighted by molar-refractivity contribution is 6.94. The minimum atomic E-state index is -1.53. The van der Waals surface area contributed by atoms with Crippen LogP contribution in [0.4, 0.5) is 0 Å². The van der Waals surface area contributed by atoms with Crippen molar-refractivity contribution in [2.45, 2.75) is 64.7 Å². The highest BCUT2D eigenvalue weighted by Gasteiger charge is 2.67. The predicted octanol–water partition coefficient (Wildman–Crippen LogP) is 4.43. The van der Waals surface area contributed by atoms with Crippen molar-refractivity contribution >= 4 is 20.4 Å². The van der Waals surface area contributed by atoms with E-state index in [-0.39, 0.29) is 12.7 Å². The Hall–Kier alpha value is -0.838. The molecule has 1 unspecified atom stereocenters. The summed E-state index contributed by atoms with van der Waals surface area (Å²) in [5.41, 5.74) is 2.77. The number of allylic oxidation sites excluding steroid dienone is 1. The molecule has 3 saturated carbocycles. The lowest BCUT2D eigenvalue weighted by atomic mass is 9.43. The van der Waals surface area contributed by atoms with Crippen molar-refractivity contribution in [2.75, 3.05) is 0 Å². The Morgan fingerprint density at radius 2 is 1.88 bits per heavy atom. The molecule has 0 aromatic heterocycles. The molecule has 4 fully saturated rings. The first-order chi connectivity index (χ1) is 11.7. The summed E-state index contributed by atoms with van der Waals surface area (Å²) in [6.07, 6.45) is 5.96. The normalized spacial score (nSPS) is 36.4. The fraction of sp³-hybridized carbons (Fsp3) is 0.619. The van der Waals surface area contributed by atoms with E-state index >= 15 is 0 Å². The number of benzene rings is 1. The molecule has 1 heterocycles. The smallest absolute Gasteiger partial charge is 0.405 e. The second-order valence-electron chi connectivity index (χ2n) is 9.62. The van der Waals surface area contributed by atoms with Crippen LogP contribution in [-0.4, -0.2) is 26.9 Å². The largest absolute Gasteiger partial charge is 0.461 e. The monoisotopic (exact) mass is 354 g/mol. The fourth-order valence-corrected chi connectivity index (χ4v) is 7.46. The molecule has 2 nitrogen and oxygen atoms in total. The molecule has 4 heteroatoms. The SMILES string of the molecule is CC1(C)[C@@H]2CC3OB(C/C=C\[Si](C)(C)c4ccccc4)O[C@@]3(C)[C@H]1C2. The van der Waals surface area contributed by atoms with Crippen molar-refractivity contribution in [3.05, 3.63) is 42.1 Å². The third kappa shape index (κ3) is 2.77. The van der Waals surface area contributed by atoms with Crippen LogP contribution >= 0.6 is 0 Å². The quantitative estimate of drug-likeness (QED) is 0.745. The molecule has 0 N–H and O–H groups in total. The molecule has 4 aliphatic rings. The van der Waals surface area contributed by atoms with Crippen LogP contribution in [0.3, 0.4) is 0 Å². The molecule has 4 atom stereocenters. The van der Waals surface area contributed by atoms with E-state index in [0.29, 0.717) is 17.4 Å². The summed E-state index contributed by atoms with van der Waals surface area (Å²) in [6, 6.07) is 10.9. The van der Waals surface area contributed by atoms with Gasteiger partial charge in [0.05, 0.1) is 11.7 Å². The lowest BCUT2D eigenvalue weighted by Gasteiger charge is -2.64. The maximum atomic E-state index is 6.50. The molecule has 0 radical (unpaired) electrons. The molecule has 2 bridgehead atoms. The van der Waals surface area contributed by atoms with Gasteiger partial charge in [-0.25, -0.2) is 0 Å². The van der Waals surface area contributed by atoms with Gasteiger partial charge in [-0.15, -0.1) is 0 Å². The number of hydrogen-bond acceptors (Lipinski definition) is 2. The van der Waals surface area contributed by atoms with Crippen molar-refractivity contribution in [2.24, 2.45) is 17.3 Å². The lowest BCUT2D eigenvalue weighted by Crippen LogP contribution is -2.65. The molecular formula is C21H31BO2Si. The minimum Gasteiger partial charge on any atom is -0.405 e. The molecular weight excluding hydrogens is 323 g/mol. The van der Waals surface area contributed by atoms with Gasteiger partial charge in [-0.3, -0.25) is 0 Å². The van der Waals surface area contributed by atoms with Crippen molar-refractivity contribution in [1.82, 2.24) is 0 Å². The molecule has 5 rings (SSSR count). The zero-order valence-corrected chi connectivity index (χ0v) is 17.3. The van der Waals surface area contributed by atoms with E-state index in [1.54, 1.807) is 0 Å². The van der Waals surface area contributed by atoms with Gasteiger partial charge in [0, 0.05) is 0 Å². The van der Waals surface area contributed by atoms with Crippen molar-refractivity contribution in [3.8, 4) is 0 Å².